The van der Waals surface area contributed by atoms with E-state index in [1.54, 1.807) is 39.8 Å². The van der Waals surface area contributed by atoms with E-state index >= 15 is 0 Å². The lowest BCUT2D eigenvalue weighted by Crippen LogP contribution is -2.27. The summed E-state index contributed by atoms with van der Waals surface area (Å²) in [6, 6.07) is 7.13. The van der Waals surface area contributed by atoms with Crippen molar-refractivity contribution in [3.05, 3.63) is 36.3 Å². The molecule has 1 heterocycles. The van der Waals surface area contributed by atoms with Gasteiger partial charge in [-0.05, 0) is 39.8 Å². The molecule has 1 aromatic heterocycles. The molecule has 0 aliphatic rings. The Kier molecular flexibility index (Phi) is 4.75. The molecule has 2 rings (SSSR count). The number of benzene rings is 1. The smallest absolute Gasteiger partial charge is 0.412 e. The molecule has 0 saturated heterocycles. The third-order valence-corrected chi connectivity index (χ3v) is 3.36. The summed E-state index contributed by atoms with van der Waals surface area (Å²) in [5, 5.41) is 2.66. The standard InChI is InChI=1S/C15H18FN3O2S/c1-10-13(17-9-19(10)22-16)11-5-7-12(8-6-11)18-14(20)21-15(2,3)4/h5-9H,1-4H3,(H,18,20). The SMILES string of the molecule is Cc1c(-c2ccc(NC(=O)OC(C)(C)C)cc2)ncn1SF. The van der Waals surface area contributed by atoms with Crippen molar-refractivity contribution in [1.29, 1.82) is 0 Å². The maximum absolute atomic E-state index is 12.6. The lowest BCUT2D eigenvalue weighted by molar-refractivity contribution is 0.0636. The number of halogens is 1. The first-order valence-corrected chi connectivity index (χ1v) is 7.41. The number of aromatic nitrogens is 2. The Morgan fingerprint density at radius 2 is 1.95 bits per heavy atom. The molecule has 0 spiro atoms. The van der Waals surface area contributed by atoms with Gasteiger partial charge in [0.25, 0.3) is 0 Å². The van der Waals surface area contributed by atoms with Crippen molar-refractivity contribution in [2.75, 3.05) is 5.32 Å². The van der Waals surface area contributed by atoms with Crippen molar-refractivity contribution in [2.24, 2.45) is 0 Å². The molecule has 0 fully saturated rings. The van der Waals surface area contributed by atoms with Gasteiger partial charge in [-0.25, -0.2) is 13.8 Å². The van der Waals surface area contributed by atoms with Gasteiger partial charge in [-0.3, -0.25) is 5.32 Å². The molecule has 0 aliphatic carbocycles. The van der Waals surface area contributed by atoms with Crippen LogP contribution in [0.2, 0.25) is 0 Å². The number of imidazole rings is 1. The minimum atomic E-state index is -0.544. The summed E-state index contributed by atoms with van der Waals surface area (Å²) in [5.74, 6) is 0. The van der Waals surface area contributed by atoms with Gasteiger partial charge in [0.2, 0.25) is 0 Å². The Hall–Kier alpha value is -2.02. The topological polar surface area (TPSA) is 56.1 Å². The number of hydrogen-bond donors (Lipinski definition) is 1. The summed E-state index contributed by atoms with van der Waals surface area (Å²) < 4.78 is 19.2. The van der Waals surface area contributed by atoms with Crippen LogP contribution in [-0.4, -0.2) is 20.7 Å². The molecule has 2 aromatic rings. The number of rotatable bonds is 3. The van der Waals surface area contributed by atoms with E-state index < -0.39 is 11.7 Å². The summed E-state index contributed by atoms with van der Waals surface area (Å²) in [6.07, 6.45) is 0.928. The number of ether oxygens (including phenoxy) is 1. The quantitative estimate of drug-likeness (QED) is 0.898. The highest BCUT2D eigenvalue weighted by Crippen LogP contribution is 2.26. The first-order valence-electron chi connectivity index (χ1n) is 6.73. The van der Waals surface area contributed by atoms with Crippen LogP contribution >= 0.6 is 12.3 Å². The van der Waals surface area contributed by atoms with Crippen molar-refractivity contribution in [3.63, 3.8) is 0 Å². The number of hydrogen-bond acceptors (Lipinski definition) is 4. The number of nitrogens with zero attached hydrogens (tertiary/aromatic N) is 2. The molecular formula is C15H18FN3O2S. The van der Waals surface area contributed by atoms with E-state index in [0.29, 0.717) is 11.4 Å². The third-order valence-electron chi connectivity index (χ3n) is 2.84. The van der Waals surface area contributed by atoms with Crippen molar-refractivity contribution in [1.82, 2.24) is 8.96 Å². The van der Waals surface area contributed by atoms with Crippen LogP contribution in [0.1, 0.15) is 26.5 Å². The Morgan fingerprint density at radius 1 is 1.32 bits per heavy atom. The van der Waals surface area contributed by atoms with Crippen LogP contribution in [0.5, 0.6) is 0 Å². The number of carbonyl (C=O) groups excluding carboxylic acids is 1. The fraction of sp³-hybridized carbons (Fsp3) is 0.333. The van der Waals surface area contributed by atoms with E-state index in [1.807, 2.05) is 12.1 Å². The Bertz CT molecular complexity index is 662. The number of nitrogens with one attached hydrogen (secondary N) is 1. The molecule has 0 radical (unpaired) electrons. The van der Waals surface area contributed by atoms with E-state index in [2.05, 4.69) is 10.3 Å². The highest BCUT2D eigenvalue weighted by Gasteiger charge is 2.16. The van der Waals surface area contributed by atoms with Crippen LogP contribution in [0.4, 0.5) is 14.4 Å². The second-order valence-electron chi connectivity index (χ2n) is 5.78. The highest BCUT2D eigenvalue weighted by atomic mass is 32.2. The lowest BCUT2D eigenvalue weighted by atomic mass is 10.1. The van der Waals surface area contributed by atoms with Crippen LogP contribution in [0.3, 0.4) is 0 Å². The summed E-state index contributed by atoms with van der Waals surface area (Å²) in [6.45, 7) is 7.20. The minimum Gasteiger partial charge on any atom is -0.444 e. The Balaban J connectivity index is 2.10. The molecule has 118 valence electrons. The Labute approximate surface area is 133 Å². The van der Waals surface area contributed by atoms with Gasteiger partial charge < -0.3 is 4.74 Å². The molecule has 1 amide bonds. The van der Waals surface area contributed by atoms with Gasteiger partial charge in [0.1, 0.15) is 11.9 Å². The van der Waals surface area contributed by atoms with E-state index in [1.165, 1.54) is 10.3 Å². The molecular weight excluding hydrogens is 305 g/mol. The van der Waals surface area contributed by atoms with E-state index in [4.69, 9.17) is 4.74 Å². The molecule has 0 saturated carbocycles. The van der Waals surface area contributed by atoms with Gasteiger partial charge in [-0.2, -0.15) is 0 Å². The second kappa shape index (κ2) is 6.39. The monoisotopic (exact) mass is 323 g/mol. The molecule has 0 aliphatic heterocycles. The Morgan fingerprint density at radius 3 is 2.45 bits per heavy atom. The summed E-state index contributed by atoms with van der Waals surface area (Å²) in [4.78, 5) is 15.9. The normalized spacial score (nSPS) is 11.3. The average molecular weight is 323 g/mol. The second-order valence-corrected chi connectivity index (χ2v) is 6.31. The van der Waals surface area contributed by atoms with E-state index in [0.717, 1.165) is 11.3 Å². The van der Waals surface area contributed by atoms with Crippen LogP contribution in [0.25, 0.3) is 11.3 Å². The van der Waals surface area contributed by atoms with E-state index in [9.17, 15) is 8.68 Å². The maximum atomic E-state index is 12.6. The number of anilines is 1. The first-order chi connectivity index (χ1) is 10.3. The van der Waals surface area contributed by atoms with Crippen LogP contribution < -0.4 is 5.32 Å². The molecule has 1 aromatic carbocycles. The van der Waals surface area contributed by atoms with Gasteiger partial charge in [0, 0.05) is 11.3 Å². The van der Waals surface area contributed by atoms with Gasteiger partial charge in [-0.1, -0.05) is 12.1 Å². The van der Waals surface area contributed by atoms with Gasteiger partial charge in [0.05, 0.1) is 11.4 Å². The predicted octanol–water partition coefficient (Wildman–Crippen LogP) is 4.59. The zero-order valence-corrected chi connectivity index (χ0v) is 13.7. The van der Waals surface area contributed by atoms with Crippen LogP contribution in [0.15, 0.2) is 30.6 Å². The van der Waals surface area contributed by atoms with Crippen molar-refractivity contribution in [2.45, 2.75) is 33.3 Å². The summed E-state index contributed by atoms with van der Waals surface area (Å²) >= 11 is 0.108. The summed E-state index contributed by atoms with van der Waals surface area (Å²) in [5.41, 5.74) is 2.35. The predicted molar refractivity (Wildman–Crippen MR) is 86.4 cm³/mol. The molecule has 22 heavy (non-hydrogen) atoms. The number of carbonyl (C=O) groups is 1. The molecule has 0 bridgehead atoms. The fourth-order valence-corrected chi connectivity index (χ4v) is 2.15. The lowest BCUT2D eigenvalue weighted by Gasteiger charge is -2.19. The maximum Gasteiger partial charge on any atom is 0.412 e. The van der Waals surface area contributed by atoms with Gasteiger partial charge in [-0.15, -0.1) is 3.89 Å². The van der Waals surface area contributed by atoms with Gasteiger partial charge in [0.15, 0.2) is 12.3 Å². The third kappa shape index (κ3) is 4.00. The van der Waals surface area contributed by atoms with Crippen molar-refractivity contribution < 1.29 is 13.4 Å². The zero-order chi connectivity index (χ0) is 16.3. The average Bonchev–Trinajstić information content (AvgIpc) is 2.78. The highest BCUT2D eigenvalue weighted by molar-refractivity contribution is 7.92. The molecule has 5 nitrogen and oxygen atoms in total. The molecule has 1 N–H and O–H groups in total. The van der Waals surface area contributed by atoms with Crippen LogP contribution in [0, 0.1) is 6.92 Å². The first kappa shape index (κ1) is 16.4. The van der Waals surface area contributed by atoms with Gasteiger partial charge >= 0.3 is 6.09 Å². The summed E-state index contributed by atoms with van der Waals surface area (Å²) in [7, 11) is 0. The number of amides is 1. The zero-order valence-electron chi connectivity index (χ0n) is 12.9. The fourth-order valence-electron chi connectivity index (χ4n) is 1.88. The molecule has 0 unspecified atom stereocenters. The molecule has 7 heteroatoms. The minimum absolute atomic E-state index is 0.108. The van der Waals surface area contributed by atoms with E-state index in [-0.39, 0.29) is 12.3 Å². The molecule has 0 atom stereocenters. The van der Waals surface area contributed by atoms with Crippen LogP contribution in [-0.2, 0) is 4.74 Å². The van der Waals surface area contributed by atoms with Crippen molar-refractivity contribution >= 4 is 24.1 Å². The largest absolute Gasteiger partial charge is 0.444 e. The van der Waals surface area contributed by atoms with Crippen molar-refractivity contribution in [3.8, 4) is 11.3 Å².